The Morgan fingerprint density at radius 3 is 2.50 bits per heavy atom. The topological polar surface area (TPSA) is 26.3 Å². The van der Waals surface area contributed by atoms with Crippen molar-refractivity contribution in [1.82, 2.24) is 0 Å². The van der Waals surface area contributed by atoms with Crippen LogP contribution in [0.1, 0.15) is 24.0 Å². The van der Waals surface area contributed by atoms with E-state index in [4.69, 9.17) is 4.74 Å². The number of esters is 1. The highest BCUT2D eigenvalue weighted by molar-refractivity contribution is 5.88. The largest absolute Gasteiger partial charge is 0.469 e. The molecule has 26 heavy (non-hydrogen) atoms. The van der Waals surface area contributed by atoms with E-state index >= 15 is 0 Å². The first kappa shape index (κ1) is 17.8. The lowest BCUT2D eigenvalue weighted by Gasteiger charge is -2.11. The summed E-state index contributed by atoms with van der Waals surface area (Å²) >= 11 is 0. The van der Waals surface area contributed by atoms with Crippen LogP contribution in [0, 0.1) is 17.8 Å². The molecule has 0 aromatic heterocycles. The van der Waals surface area contributed by atoms with E-state index in [-0.39, 0.29) is 11.9 Å². The van der Waals surface area contributed by atoms with Gasteiger partial charge in [-0.1, -0.05) is 78.6 Å². The van der Waals surface area contributed by atoms with Crippen LogP contribution < -0.4 is 0 Å². The minimum absolute atomic E-state index is 0.187. The Balaban J connectivity index is 1.72. The normalized spacial score (nSPS) is 11.4. The number of hydrogen-bond acceptors (Lipinski definition) is 2. The van der Waals surface area contributed by atoms with Gasteiger partial charge < -0.3 is 4.74 Å². The summed E-state index contributed by atoms with van der Waals surface area (Å²) in [6.45, 7) is 0. The molecular weight excluding hydrogens is 320 g/mol. The van der Waals surface area contributed by atoms with Gasteiger partial charge in [-0.05, 0) is 35.2 Å². The number of ether oxygens (including phenoxy) is 1. The molecule has 0 spiro atoms. The van der Waals surface area contributed by atoms with Crippen molar-refractivity contribution < 1.29 is 9.53 Å². The molecule has 0 fully saturated rings. The molecule has 2 nitrogen and oxygen atoms in total. The first-order valence-electron chi connectivity index (χ1n) is 8.86. The van der Waals surface area contributed by atoms with Crippen LogP contribution >= 0.6 is 0 Å². The van der Waals surface area contributed by atoms with Gasteiger partial charge in [0.15, 0.2) is 0 Å². The average molecular weight is 342 g/mol. The molecule has 3 aromatic carbocycles. The van der Waals surface area contributed by atoms with E-state index < -0.39 is 0 Å². The van der Waals surface area contributed by atoms with Crippen molar-refractivity contribution in [3.63, 3.8) is 0 Å². The summed E-state index contributed by atoms with van der Waals surface area (Å²) in [4.78, 5) is 12.1. The van der Waals surface area contributed by atoms with Gasteiger partial charge in [0.25, 0.3) is 0 Å². The van der Waals surface area contributed by atoms with E-state index in [0.717, 1.165) is 23.8 Å². The Kier molecular flexibility index (Phi) is 6.06. The molecule has 1 unspecified atom stereocenters. The van der Waals surface area contributed by atoms with Crippen molar-refractivity contribution in [2.75, 3.05) is 7.11 Å². The molecule has 0 radical (unpaired) electrons. The number of benzene rings is 3. The van der Waals surface area contributed by atoms with Gasteiger partial charge in [-0.15, -0.1) is 0 Å². The van der Waals surface area contributed by atoms with Gasteiger partial charge in [0, 0.05) is 12.0 Å². The summed E-state index contributed by atoms with van der Waals surface area (Å²) in [7, 11) is 1.44. The van der Waals surface area contributed by atoms with Crippen molar-refractivity contribution in [3.8, 4) is 11.8 Å². The van der Waals surface area contributed by atoms with Crippen LogP contribution in [-0.2, 0) is 16.0 Å². The third-order valence-electron chi connectivity index (χ3n) is 4.52. The van der Waals surface area contributed by atoms with E-state index in [1.54, 1.807) is 0 Å². The predicted molar refractivity (Wildman–Crippen MR) is 106 cm³/mol. The Hall–Kier alpha value is -3.05. The maximum atomic E-state index is 12.1. The highest BCUT2D eigenvalue weighted by Gasteiger charge is 2.17. The van der Waals surface area contributed by atoms with Crippen LogP contribution in [0.5, 0.6) is 0 Å². The van der Waals surface area contributed by atoms with Gasteiger partial charge in [0.05, 0.1) is 13.0 Å². The standard InChI is InChI=1S/C24H22O2/c1-26-24(25)22(18-17-19-9-3-2-4-10-19)15-8-14-21-13-7-12-20-11-5-6-16-23(20)21/h2-7,9-13,16,22H,15,17-18H2,1H3. The molecule has 3 rings (SSSR count). The zero-order chi connectivity index (χ0) is 18.2. The second kappa shape index (κ2) is 8.87. The molecular formula is C24H22O2. The van der Waals surface area contributed by atoms with Crippen LogP contribution in [0.3, 0.4) is 0 Å². The molecule has 0 amide bonds. The summed E-state index contributed by atoms with van der Waals surface area (Å²) in [5.74, 6) is 6.04. The number of rotatable bonds is 5. The minimum Gasteiger partial charge on any atom is -0.469 e. The number of methoxy groups -OCH3 is 1. The molecule has 0 bridgehead atoms. The maximum absolute atomic E-state index is 12.1. The van der Waals surface area contributed by atoms with Crippen LogP contribution in [0.15, 0.2) is 72.8 Å². The van der Waals surface area contributed by atoms with E-state index in [1.807, 2.05) is 42.5 Å². The number of carbonyl (C=O) groups is 1. The molecule has 0 saturated carbocycles. The monoisotopic (exact) mass is 342 g/mol. The molecule has 0 N–H and O–H groups in total. The van der Waals surface area contributed by atoms with Crippen LogP contribution in [-0.4, -0.2) is 13.1 Å². The second-order valence-electron chi connectivity index (χ2n) is 6.28. The number of fused-ring (bicyclic) bond motifs is 1. The molecule has 1 atom stereocenters. The van der Waals surface area contributed by atoms with Gasteiger partial charge in [-0.3, -0.25) is 4.79 Å². The van der Waals surface area contributed by atoms with Gasteiger partial charge in [0.2, 0.25) is 0 Å². The summed E-state index contributed by atoms with van der Waals surface area (Å²) in [6, 6.07) is 24.5. The second-order valence-corrected chi connectivity index (χ2v) is 6.28. The molecule has 130 valence electrons. The molecule has 0 aliphatic heterocycles. The Bertz CT molecular complexity index is 927. The fourth-order valence-corrected chi connectivity index (χ4v) is 3.06. The smallest absolute Gasteiger partial charge is 0.309 e. The summed E-state index contributed by atoms with van der Waals surface area (Å²) in [5, 5.41) is 2.31. The summed E-state index contributed by atoms with van der Waals surface area (Å²) in [5.41, 5.74) is 2.22. The van der Waals surface area contributed by atoms with Crippen LogP contribution in [0.2, 0.25) is 0 Å². The van der Waals surface area contributed by atoms with Crippen molar-refractivity contribution in [2.45, 2.75) is 19.3 Å². The SMILES string of the molecule is COC(=O)C(CC#Cc1cccc2ccccc12)CCc1ccccc1. The number of carbonyl (C=O) groups excluding carboxylic acids is 1. The lowest BCUT2D eigenvalue weighted by molar-refractivity contribution is -0.145. The number of aryl methyl sites for hydroxylation is 1. The highest BCUT2D eigenvalue weighted by Crippen LogP contribution is 2.18. The third kappa shape index (κ3) is 4.52. The predicted octanol–water partition coefficient (Wildman–Crippen LogP) is 5.00. The van der Waals surface area contributed by atoms with Gasteiger partial charge in [-0.2, -0.15) is 0 Å². The fourth-order valence-electron chi connectivity index (χ4n) is 3.06. The molecule has 0 aliphatic carbocycles. The number of hydrogen-bond donors (Lipinski definition) is 0. The van der Waals surface area contributed by atoms with E-state index in [9.17, 15) is 4.79 Å². The van der Waals surface area contributed by atoms with Crippen molar-refractivity contribution in [2.24, 2.45) is 5.92 Å². The van der Waals surface area contributed by atoms with E-state index in [0.29, 0.717) is 6.42 Å². The Labute approximate surface area is 154 Å². The Morgan fingerprint density at radius 2 is 1.69 bits per heavy atom. The van der Waals surface area contributed by atoms with Crippen molar-refractivity contribution in [3.05, 3.63) is 83.9 Å². The molecule has 0 aliphatic rings. The lowest BCUT2D eigenvalue weighted by atomic mass is 9.96. The quantitative estimate of drug-likeness (QED) is 0.481. The zero-order valence-electron chi connectivity index (χ0n) is 14.9. The summed E-state index contributed by atoms with van der Waals surface area (Å²) < 4.78 is 4.97. The third-order valence-corrected chi connectivity index (χ3v) is 4.52. The van der Waals surface area contributed by atoms with Gasteiger partial charge in [0.1, 0.15) is 0 Å². The van der Waals surface area contributed by atoms with E-state index in [2.05, 4.69) is 42.2 Å². The fraction of sp³-hybridized carbons (Fsp3) is 0.208. The van der Waals surface area contributed by atoms with Gasteiger partial charge in [-0.25, -0.2) is 0 Å². The lowest BCUT2D eigenvalue weighted by Crippen LogP contribution is -2.16. The first-order chi connectivity index (χ1) is 12.8. The van der Waals surface area contributed by atoms with Crippen LogP contribution in [0.4, 0.5) is 0 Å². The molecule has 0 heterocycles. The van der Waals surface area contributed by atoms with Crippen molar-refractivity contribution in [1.29, 1.82) is 0 Å². The minimum atomic E-state index is -0.206. The van der Waals surface area contributed by atoms with E-state index in [1.165, 1.54) is 18.1 Å². The molecule has 3 aromatic rings. The molecule has 2 heteroatoms. The first-order valence-corrected chi connectivity index (χ1v) is 8.86. The maximum Gasteiger partial charge on any atom is 0.309 e. The molecule has 0 saturated heterocycles. The highest BCUT2D eigenvalue weighted by atomic mass is 16.5. The van der Waals surface area contributed by atoms with Crippen LogP contribution in [0.25, 0.3) is 10.8 Å². The zero-order valence-corrected chi connectivity index (χ0v) is 14.9. The summed E-state index contributed by atoms with van der Waals surface area (Å²) in [6.07, 6.45) is 2.08. The average Bonchev–Trinajstić information content (AvgIpc) is 2.71. The van der Waals surface area contributed by atoms with Crippen molar-refractivity contribution >= 4 is 16.7 Å². The van der Waals surface area contributed by atoms with Gasteiger partial charge >= 0.3 is 5.97 Å². The Morgan fingerprint density at radius 1 is 0.962 bits per heavy atom.